The van der Waals surface area contributed by atoms with Gasteiger partial charge in [-0.2, -0.15) is 0 Å². The van der Waals surface area contributed by atoms with Gasteiger partial charge in [0.15, 0.2) is 0 Å². The van der Waals surface area contributed by atoms with Crippen LogP contribution in [0.3, 0.4) is 0 Å². The predicted octanol–water partition coefficient (Wildman–Crippen LogP) is 3.22. The number of hydrogen-bond donors (Lipinski definition) is 1. The number of thiophene rings is 1. The number of rotatable bonds is 4. The molecular formula is C10H11ClN4O2S. The molecule has 0 radical (unpaired) electrons. The Labute approximate surface area is 112 Å². The lowest BCUT2D eigenvalue weighted by molar-refractivity contribution is -0.388. The zero-order valence-electron chi connectivity index (χ0n) is 9.75. The molecule has 0 saturated carbocycles. The van der Waals surface area contributed by atoms with E-state index >= 15 is 0 Å². The van der Waals surface area contributed by atoms with Gasteiger partial charge in [0, 0.05) is 11.9 Å². The number of aromatic nitrogens is 2. The van der Waals surface area contributed by atoms with Crippen LogP contribution in [0.2, 0.25) is 4.34 Å². The molecular weight excluding hydrogens is 276 g/mol. The summed E-state index contributed by atoms with van der Waals surface area (Å²) in [6.45, 7) is 1.92. The van der Waals surface area contributed by atoms with Crippen molar-refractivity contribution in [2.24, 2.45) is 7.05 Å². The second-order valence-corrected chi connectivity index (χ2v) is 5.54. The van der Waals surface area contributed by atoms with Gasteiger partial charge in [0.25, 0.3) is 0 Å². The molecule has 18 heavy (non-hydrogen) atoms. The van der Waals surface area contributed by atoms with Crippen LogP contribution in [0.5, 0.6) is 0 Å². The van der Waals surface area contributed by atoms with E-state index in [4.69, 9.17) is 11.6 Å². The number of nitrogens with zero attached hydrogens (tertiary/aromatic N) is 3. The molecule has 0 amide bonds. The fraction of sp³-hybridized carbons (Fsp3) is 0.300. The fourth-order valence-electron chi connectivity index (χ4n) is 1.56. The van der Waals surface area contributed by atoms with Gasteiger partial charge in [-0.25, -0.2) is 0 Å². The number of halogens is 1. The average molecular weight is 287 g/mol. The predicted molar refractivity (Wildman–Crippen MR) is 71.2 cm³/mol. The summed E-state index contributed by atoms with van der Waals surface area (Å²) in [7, 11) is 1.70. The number of hydrogen-bond acceptors (Lipinski definition) is 5. The molecule has 0 aliphatic carbocycles. The van der Waals surface area contributed by atoms with Gasteiger partial charge >= 0.3 is 5.82 Å². The lowest BCUT2D eigenvalue weighted by Gasteiger charge is -2.12. The number of aryl methyl sites for hydroxylation is 1. The molecule has 0 fully saturated rings. The first kappa shape index (κ1) is 12.8. The van der Waals surface area contributed by atoms with E-state index in [-0.39, 0.29) is 11.9 Å². The van der Waals surface area contributed by atoms with Crippen LogP contribution < -0.4 is 5.32 Å². The largest absolute Gasteiger partial charge is 0.406 e. The topological polar surface area (TPSA) is 73.0 Å². The SMILES string of the molecule is CC(Nc1c([N+](=O)[O-])ncn1C)c1ccc(Cl)s1. The van der Waals surface area contributed by atoms with Crippen molar-refractivity contribution in [3.05, 3.63) is 37.8 Å². The van der Waals surface area contributed by atoms with Gasteiger partial charge in [0.05, 0.1) is 10.4 Å². The van der Waals surface area contributed by atoms with E-state index in [9.17, 15) is 10.1 Å². The monoisotopic (exact) mass is 286 g/mol. The lowest BCUT2D eigenvalue weighted by atomic mass is 10.3. The average Bonchev–Trinajstić information content (AvgIpc) is 2.87. The maximum Gasteiger partial charge on any atom is 0.406 e. The Morgan fingerprint density at radius 3 is 2.89 bits per heavy atom. The normalized spacial score (nSPS) is 12.4. The molecule has 0 aliphatic rings. The highest BCUT2D eigenvalue weighted by molar-refractivity contribution is 7.16. The van der Waals surface area contributed by atoms with Crippen molar-refractivity contribution in [3.63, 3.8) is 0 Å². The van der Waals surface area contributed by atoms with Gasteiger partial charge in [-0.3, -0.25) is 4.57 Å². The molecule has 1 N–H and O–H groups in total. The molecule has 2 aromatic rings. The minimum Gasteiger partial charge on any atom is -0.358 e. The summed E-state index contributed by atoms with van der Waals surface area (Å²) in [5, 5.41) is 13.9. The number of imidazole rings is 1. The van der Waals surface area contributed by atoms with Gasteiger partial charge < -0.3 is 15.4 Å². The third kappa shape index (κ3) is 2.46. The van der Waals surface area contributed by atoms with Crippen LogP contribution >= 0.6 is 22.9 Å². The Kier molecular flexibility index (Phi) is 3.53. The number of nitrogens with one attached hydrogen (secondary N) is 1. The molecule has 0 aromatic carbocycles. The van der Waals surface area contributed by atoms with Crippen LogP contribution in [0.15, 0.2) is 18.5 Å². The summed E-state index contributed by atoms with van der Waals surface area (Å²) in [5.74, 6) is 0.212. The van der Waals surface area contributed by atoms with E-state index in [0.29, 0.717) is 10.2 Å². The summed E-state index contributed by atoms with van der Waals surface area (Å²) in [4.78, 5) is 15.1. The third-order valence-electron chi connectivity index (χ3n) is 2.46. The number of nitro groups is 1. The summed E-state index contributed by atoms with van der Waals surface area (Å²) < 4.78 is 2.28. The van der Waals surface area contributed by atoms with Crippen LogP contribution in [-0.2, 0) is 7.05 Å². The Morgan fingerprint density at radius 1 is 1.61 bits per heavy atom. The fourth-order valence-corrected chi connectivity index (χ4v) is 2.62. The molecule has 96 valence electrons. The summed E-state index contributed by atoms with van der Waals surface area (Å²) >= 11 is 7.31. The summed E-state index contributed by atoms with van der Waals surface area (Å²) in [5.41, 5.74) is 0. The highest BCUT2D eigenvalue weighted by atomic mass is 35.5. The highest BCUT2D eigenvalue weighted by Crippen LogP contribution is 2.31. The molecule has 0 spiro atoms. The van der Waals surface area contributed by atoms with E-state index in [1.54, 1.807) is 17.7 Å². The van der Waals surface area contributed by atoms with Crippen molar-refractivity contribution >= 4 is 34.6 Å². The van der Waals surface area contributed by atoms with E-state index < -0.39 is 4.92 Å². The smallest absolute Gasteiger partial charge is 0.358 e. The summed E-state index contributed by atoms with van der Waals surface area (Å²) in [6.07, 6.45) is 1.41. The Bertz CT molecular complexity index is 580. The maximum atomic E-state index is 10.8. The van der Waals surface area contributed by atoms with Crippen molar-refractivity contribution in [3.8, 4) is 0 Å². The third-order valence-corrected chi connectivity index (χ3v) is 3.88. The zero-order valence-corrected chi connectivity index (χ0v) is 11.3. The Hall–Kier alpha value is -1.60. The van der Waals surface area contributed by atoms with Gasteiger partial charge in [-0.1, -0.05) is 11.6 Å². The van der Waals surface area contributed by atoms with Crippen molar-refractivity contribution in [1.82, 2.24) is 9.55 Å². The minimum atomic E-state index is -0.504. The van der Waals surface area contributed by atoms with Crippen molar-refractivity contribution in [2.45, 2.75) is 13.0 Å². The lowest BCUT2D eigenvalue weighted by Crippen LogP contribution is -2.09. The molecule has 0 saturated heterocycles. The molecule has 1 unspecified atom stereocenters. The number of anilines is 1. The first-order valence-corrected chi connectivity index (χ1v) is 6.36. The molecule has 6 nitrogen and oxygen atoms in total. The first-order valence-electron chi connectivity index (χ1n) is 5.16. The van der Waals surface area contributed by atoms with E-state index in [2.05, 4.69) is 10.3 Å². The van der Waals surface area contributed by atoms with E-state index in [1.807, 2.05) is 13.0 Å². The van der Waals surface area contributed by atoms with E-state index in [0.717, 1.165) is 4.88 Å². The molecule has 0 bridgehead atoms. The standard InChI is InChI=1S/C10H11ClN4O2S/c1-6(7-3-4-8(11)18-7)13-10-9(15(16)17)12-5-14(10)2/h3-6,13H,1-2H3. The Balaban J connectivity index is 2.23. The van der Waals surface area contributed by atoms with Crippen molar-refractivity contribution in [1.29, 1.82) is 0 Å². The highest BCUT2D eigenvalue weighted by Gasteiger charge is 2.22. The summed E-state index contributed by atoms with van der Waals surface area (Å²) in [6, 6.07) is 3.63. The van der Waals surface area contributed by atoms with Crippen LogP contribution in [-0.4, -0.2) is 14.5 Å². The van der Waals surface area contributed by atoms with Gasteiger partial charge in [-0.05, 0) is 29.0 Å². The maximum absolute atomic E-state index is 10.8. The zero-order chi connectivity index (χ0) is 13.3. The minimum absolute atomic E-state index is 0.0726. The van der Waals surface area contributed by atoms with Crippen molar-refractivity contribution < 1.29 is 4.92 Å². The second-order valence-electron chi connectivity index (χ2n) is 3.79. The van der Waals surface area contributed by atoms with Crippen LogP contribution in [0, 0.1) is 10.1 Å². The molecule has 8 heteroatoms. The van der Waals surface area contributed by atoms with Crippen molar-refractivity contribution in [2.75, 3.05) is 5.32 Å². The molecule has 1 atom stereocenters. The van der Waals surface area contributed by atoms with Gasteiger partial charge in [0.2, 0.25) is 12.1 Å². The molecule has 0 aliphatic heterocycles. The molecule has 2 rings (SSSR count). The van der Waals surface area contributed by atoms with Gasteiger partial charge in [-0.15, -0.1) is 11.3 Å². The van der Waals surface area contributed by atoms with Crippen LogP contribution in [0.4, 0.5) is 11.6 Å². The molecule has 2 aromatic heterocycles. The van der Waals surface area contributed by atoms with Gasteiger partial charge in [0.1, 0.15) is 0 Å². The second kappa shape index (κ2) is 4.95. The van der Waals surface area contributed by atoms with E-state index in [1.165, 1.54) is 17.7 Å². The molecule has 2 heterocycles. The Morgan fingerprint density at radius 2 is 2.33 bits per heavy atom. The van der Waals surface area contributed by atoms with Crippen LogP contribution in [0.25, 0.3) is 0 Å². The first-order chi connectivity index (χ1) is 8.49. The quantitative estimate of drug-likeness (QED) is 0.692. The van der Waals surface area contributed by atoms with Crippen LogP contribution in [0.1, 0.15) is 17.8 Å².